The Bertz CT molecular complexity index is 1270. The minimum Gasteiger partial charge on any atom is -0.496 e. The van der Waals surface area contributed by atoms with Crippen molar-refractivity contribution in [3.05, 3.63) is 54.1 Å². The number of anilines is 1. The van der Waals surface area contributed by atoms with Crippen molar-refractivity contribution in [2.45, 2.75) is 11.4 Å². The fourth-order valence-electron chi connectivity index (χ4n) is 3.74. The smallest absolute Gasteiger partial charge is 0.265 e. The number of nitrogens with one attached hydrogen (secondary N) is 1. The maximum atomic E-state index is 13.0. The van der Waals surface area contributed by atoms with Gasteiger partial charge in [-0.3, -0.25) is 9.10 Å². The number of amides is 1. The van der Waals surface area contributed by atoms with Gasteiger partial charge in [0.2, 0.25) is 5.91 Å². The van der Waals surface area contributed by atoms with Crippen LogP contribution in [-0.4, -0.2) is 42.2 Å². The Morgan fingerprint density at radius 3 is 2.26 bits per heavy atom. The highest BCUT2D eigenvalue weighted by Gasteiger charge is 2.36. The lowest BCUT2D eigenvalue weighted by atomic mass is 10.1. The van der Waals surface area contributed by atoms with Gasteiger partial charge in [-0.15, -0.1) is 0 Å². The second-order valence-corrected chi connectivity index (χ2v) is 8.77. The van der Waals surface area contributed by atoms with E-state index in [9.17, 15) is 13.2 Å². The summed E-state index contributed by atoms with van der Waals surface area (Å²) in [7, 11) is 0.756. The Labute approximate surface area is 180 Å². The molecular formula is C22H22N2O6S. The van der Waals surface area contributed by atoms with Gasteiger partial charge >= 0.3 is 0 Å². The van der Waals surface area contributed by atoms with Crippen LogP contribution in [0.15, 0.2) is 53.4 Å². The van der Waals surface area contributed by atoms with Gasteiger partial charge in [-0.25, -0.2) is 8.42 Å². The zero-order valence-corrected chi connectivity index (χ0v) is 18.2. The highest BCUT2D eigenvalue weighted by atomic mass is 32.2. The summed E-state index contributed by atoms with van der Waals surface area (Å²) < 4.78 is 43.1. The van der Waals surface area contributed by atoms with Gasteiger partial charge in [-0.05, 0) is 23.6 Å². The molecule has 0 bridgehead atoms. The third-order valence-electron chi connectivity index (χ3n) is 5.23. The van der Waals surface area contributed by atoms with E-state index in [2.05, 4.69) is 5.32 Å². The highest BCUT2D eigenvalue weighted by molar-refractivity contribution is 7.93. The number of rotatable bonds is 7. The molecular weight excluding hydrogens is 420 g/mol. The summed E-state index contributed by atoms with van der Waals surface area (Å²) >= 11 is 0. The van der Waals surface area contributed by atoms with Crippen molar-refractivity contribution in [1.82, 2.24) is 5.32 Å². The van der Waals surface area contributed by atoms with Gasteiger partial charge < -0.3 is 19.5 Å². The predicted octanol–water partition coefficient (Wildman–Crippen LogP) is 2.69. The molecule has 1 heterocycles. The number of methoxy groups -OCH3 is 3. The molecule has 0 radical (unpaired) electrons. The van der Waals surface area contributed by atoms with Gasteiger partial charge in [-0.1, -0.05) is 24.3 Å². The standard InChI is InChI=1S/C22H22N2O6S/c1-28-17-11-19(30-3)18(29-2)10-15(17)12-23-21(25)13-24-16-8-4-6-14-7-5-9-20(22(14)16)31(24,26)27/h4-11H,12-13H2,1-3H3,(H,23,25). The fourth-order valence-corrected chi connectivity index (χ4v) is 5.41. The molecule has 1 amide bonds. The first-order chi connectivity index (χ1) is 14.9. The quantitative estimate of drug-likeness (QED) is 0.605. The van der Waals surface area contributed by atoms with E-state index in [0.717, 1.165) is 9.69 Å². The van der Waals surface area contributed by atoms with Gasteiger partial charge in [0, 0.05) is 23.6 Å². The maximum Gasteiger partial charge on any atom is 0.265 e. The topological polar surface area (TPSA) is 94.2 Å². The Morgan fingerprint density at radius 2 is 1.58 bits per heavy atom. The van der Waals surface area contributed by atoms with Crippen LogP contribution in [0.4, 0.5) is 5.69 Å². The molecule has 0 aliphatic carbocycles. The van der Waals surface area contributed by atoms with E-state index < -0.39 is 15.9 Å². The molecule has 1 aliphatic rings. The van der Waals surface area contributed by atoms with Crippen molar-refractivity contribution < 1.29 is 27.4 Å². The molecule has 0 saturated heterocycles. The lowest BCUT2D eigenvalue weighted by molar-refractivity contribution is -0.119. The zero-order valence-electron chi connectivity index (χ0n) is 17.3. The summed E-state index contributed by atoms with van der Waals surface area (Å²) in [6, 6.07) is 13.8. The summed E-state index contributed by atoms with van der Waals surface area (Å²) in [5, 5.41) is 4.22. The number of hydrogen-bond acceptors (Lipinski definition) is 6. The molecule has 8 nitrogen and oxygen atoms in total. The molecule has 3 aromatic rings. The molecule has 4 rings (SSSR count). The summed E-state index contributed by atoms with van der Waals surface area (Å²) in [4.78, 5) is 12.9. The largest absolute Gasteiger partial charge is 0.496 e. The first-order valence-corrected chi connectivity index (χ1v) is 10.9. The van der Waals surface area contributed by atoms with Gasteiger partial charge in [-0.2, -0.15) is 0 Å². The number of hydrogen-bond donors (Lipinski definition) is 1. The van der Waals surface area contributed by atoms with Crippen molar-refractivity contribution >= 4 is 32.4 Å². The summed E-state index contributed by atoms with van der Waals surface area (Å²) in [5.74, 6) is 1.08. The van der Waals surface area contributed by atoms with Crippen LogP contribution in [0.5, 0.6) is 17.2 Å². The van der Waals surface area contributed by atoms with Crippen LogP contribution in [0.25, 0.3) is 10.8 Å². The van der Waals surface area contributed by atoms with Crippen molar-refractivity contribution in [2.24, 2.45) is 0 Å². The summed E-state index contributed by atoms with van der Waals surface area (Å²) in [6.45, 7) is -0.195. The lowest BCUT2D eigenvalue weighted by Gasteiger charge is -2.19. The third-order valence-corrected chi connectivity index (χ3v) is 7.03. The van der Waals surface area contributed by atoms with E-state index in [4.69, 9.17) is 14.2 Å². The van der Waals surface area contributed by atoms with Crippen LogP contribution >= 0.6 is 0 Å². The third kappa shape index (κ3) is 3.50. The summed E-state index contributed by atoms with van der Waals surface area (Å²) in [6.07, 6.45) is 0. The second kappa shape index (κ2) is 7.99. The summed E-state index contributed by atoms with van der Waals surface area (Å²) in [5.41, 5.74) is 1.18. The molecule has 1 N–H and O–H groups in total. The number of nitrogens with zero attached hydrogens (tertiary/aromatic N) is 1. The van der Waals surface area contributed by atoms with E-state index in [-0.39, 0.29) is 18.0 Å². The molecule has 31 heavy (non-hydrogen) atoms. The van der Waals surface area contributed by atoms with Crippen molar-refractivity contribution in [1.29, 1.82) is 0 Å². The molecule has 0 aromatic heterocycles. The lowest BCUT2D eigenvalue weighted by Crippen LogP contribution is -2.38. The van der Waals surface area contributed by atoms with Crippen molar-refractivity contribution in [3.8, 4) is 17.2 Å². The van der Waals surface area contributed by atoms with E-state index in [1.807, 2.05) is 12.1 Å². The molecule has 0 fully saturated rings. The molecule has 162 valence electrons. The molecule has 9 heteroatoms. The number of ether oxygens (including phenoxy) is 3. The molecule has 0 atom stereocenters. The fraction of sp³-hybridized carbons (Fsp3) is 0.227. The van der Waals surface area contributed by atoms with E-state index in [1.54, 1.807) is 36.4 Å². The number of benzene rings is 3. The predicted molar refractivity (Wildman–Crippen MR) is 116 cm³/mol. The average molecular weight is 442 g/mol. The normalized spacial score (nSPS) is 13.8. The second-order valence-electron chi connectivity index (χ2n) is 6.94. The average Bonchev–Trinajstić information content (AvgIpc) is 3.00. The van der Waals surface area contributed by atoms with E-state index in [1.165, 1.54) is 21.3 Å². The maximum absolute atomic E-state index is 13.0. The molecule has 0 spiro atoms. The van der Waals surface area contributed by atoms with Gasteiger partial charge in [0.25, 0.3) is 10.0 Å². The molecule has 0 saturated carbocycles. The van der Waals surface area contributed by atoms with Gasteiger partial charge in [0.05, 0.1) is 31.9 Å². The Morgan fingerprint density at radius 1 is 0.935 bits per heavy atom. The zero-order chi connectivity index (χ0) is 22.2. The Kier molecular flexibility index (Phi) is 5.36. The van der Waals surface area contributed by atoms with Gasteiger partial charge in [0.15, 0.2) is 11.5 Å². The monoisotopic (exact) mass is 442 g/mol. The number of carbonyl (C=O) groups excluding carboxylic acids is 1. The molecule has 3 aromatic carbocycles. The van der Waals surface area contributed by atoms with E-state index >= 15 is 0 Å². The van der Waals surface area contributed by atoms with Crippen molar-refractivity contribution in [2.75, 3.05) is 32.2 Å². The number of carbonyl (C=O) groups is 1. The molecule has 1 aliphatic heterocycles. The highest BCUT2D eigenvalue weighted by Crippen LogP contribution is 2.41. The van der Waals surface area contributed by atoms with Crippen LogP contribution in [0.3, 0.4) is 0 Å². The molecule has 0 unspecified atom stereocenters. The van der Waals surface area contributed by atoms with Crippen LogP contribution in [0.1, 0.15) is 5.56 Å². The van der Waals surface area contributed by atoms with Gasteiger partial charge in [0.1, 0.15) is 12.3 Å². The first kappa shape index (κ1) is 20.8. The minimum atomic E-state index is -3.80. The number of sulfonamides is 1. The van der Waals surface area contributed by atoms with Crippen LogP contribution in [0, 0.1) is 0 Å². The Balaban J connectivity index is 1.55. The van der Waals surface area contributed by atoms with Crippen LogP contribution in [0.2, 0.25) is 0 Å². The Hall–Kier alpha value is -3.46. The van der Waals surface area contributed by atoms with E-state index in [0.29, 0.717) is 33.9 Å². The first-order valence-electron chi connectivity index (χ1n) is 9.50. The van der Waals surface area contributed by atoms with Crippen LogP contribution < -0.4 is 23.8 Å². The van der Waals surface area contributed by atoms with Crippen LogP contribution in [-0.2, 0) is 21.4 Å². The minimum absolute atomic E-state index is 0.132. The SMILES string of the molecule is COc1cc(OC)c(OC)cc1CNC(=O)CN1c2cccc3cccc(c23)S1(=O)=O. The van der Waals surface area contributed by atoms with Crippen molar-refractivity contribution in [3.63, 3.8) is 0 Å².